The molecule has 1 rings (SSSR count). The molecule has 0 spiro atoms. The maximum atomic E-state index is 9.63. The van der Waals surface area contributed by atoms with E-state index >= 15 is 0 Å². The average molecular weight is 178 g/mol. The van der Waals surface area contributed by atoms with Gasteiger partial charge in [0, 0.05) is 0 Å². The van der Waals surface area contributed by atoms with Crippen LogP contribution >= 0.6 is 0 Å². The largest absolute Gasteiger partial charge is 0.382 e. The van der Waals surface area contributed by atoms with Crippen LogP contribution in [-0.2, 0) is 0 Å². The third-order valence-corrected chi connectivity index (χ3v) is 2.43. The highest BCUT2D eigenvalue weighted by Gasteiger charge is 2.12. The molecule has 13 heavy (non-hydrogen) atoms. The normalized spacial score (nSPS) is 27.4. The van der Waals surface area contributed by atoms with Gasteiger partial charge < -0.3 is 5.11 Å². The zero-order valence-corrected chi connectivity index (χ0v) is 8.24. The minimum atomic E-state index is -0.846. The summed E-state index contributed by atoms with van der Waals surface area (Å²) in [6, 6.07) is 0. The zero-order valence-electron chi connectivity index (χ0n) is 8.24. The first kappa shape index (κ1) is 10.3. The Morgan fingerprint density at radius 3 is 2.85 bits per heavy atom. The molecule has 0 bridgehead atoms. The van der Waals surface area contributed by atoms with Crippen LogP contribution in [-0.4, -0.2) is 10.7 Å². The van der Waals surface area contributed by atoms with Crippen LogP contribution < -0.4 is 0 Å². The second-order valence-electron chi connectivity index (χ2n) is 3.83. The minimum Gasteiger partial charge on any atom is -0.382 e. The van der Waals surface area contributed by atoms with Gasteiger partial charge in [0.25, 0.3) is 0 Å². The molecule has 1 nitrogen and oxygen atoms in total. The molecule has 0 aromatic carbocycles. The van der Waals surface area contributed by atoms with Gasteiger partial charge in [0.15, 0.2) is 0 Å². The predicted molar refractivity (Wildman–Crippen MR) is 56.4 cm³/mol. The number of allylic oxidation sites excluding steroid dienone is 3. The highest BCUT2D eigenvalue weighted by molar-refractivity contribution is 5.11. The van der Waals surface area contributed by atoms with Crippen molar-refractivity contribution in [1.82, 2.24) is 0 Å². The summed E-state index contributed by atoms with van der Waals surface area (Å²) in [6.45, 7) is 5.33. The Kier molecular flexibility index (Phi) is 3.49. The first-order valence-electron chi connectivity index (χ1n) is 4.84. The lowest BCUT2D eigenvalue weighted by Gasteiger charge is -2.17. The van der Waals surface area contributed by atoms with E-state index in [9.17, 15) is 5.11 Å². The quantitative estimate of drug-likeness (QED) is 0.659. The number of hydrogen-bond acceptors (Lipinski definition) is 1. The van der Waals surface area contributed by atoms with Gasteiger partial charge in [0.1, 0.15) is 0 Å². The standard InChI is InChI=1S/C12H18O/c1-3-12(2,13)10-9-11-7-5-4-6-8-11/h3-5,9-11,13H,1,6-8H2,2H3. The second-order valence-corrected chi connectivity index (χ2v) is 3.83. The Labute approximate surface area is 80.5 Å². The lowest BCUT2D eigenvalue weighted by atomic mass is 9.92. The molecule has 2 unspecified atom stereocenters. The second kappa shape index (κ2) is 4.43. The van der Waals surface area contributed by atoms with E-state index in [1.807, 2.05) is 6.08 Å². The van der Waals surface area contributed by atoms with Crippen LogP contribution in [0, 0.1) is 5.92 Å². The molecule has 0 amide bonds. The molecular weight excluding hydrogens is 160 g/mol. The van der Waals surface area contributed by atoms with Crippen LogP contribution in [0.25, 0.3) is 0 Å². The topological polar surface area (TPSA) is 20.2 Å². The Balaban J connectivity index is 2.47. The molecular formula is C12H18O. The third kappa shape index (κ3) is 3.60. The lowest BCUT2D eigenvalue weighted by molar-refractivity contribution is 0.163. The molecule has 0 saturated carbocycles. The summed E-state index contributed by atoms with van der Waals surface area (Å²) >= 11 is 0. The van der Waals surface area contributed by atoms with Gasteiger partial charge in [-0.1, -0.05) is 37.0 Å². The van der Waals surface area contributed by atoms with Crippen molar-refractivity contribution in [3.05, 3.63) is 37.0 Å². The number of rotatable bonds is 3. The van der Waals surface area contributed by atoms with Gasteiger partial charge in [-0.05, 0) is 32.1 Å². The van der Waals surface area contributed by atoms with Crippen LogP contribution in [0.4, 0.5) is 0 Å². The van der Waals surface area contributed by atoms with E-state index in [0.717, 1.165) is 12.8 Å². The summed E-state index contributed by atoms with van der Waals surface area (Å²) in [4.78, 5) is 0. The average Bonchev–Trinajstić information content (AvgIpc) is 2.17. The van der Waals surface area contributed by atoms with Gasteiger partial charge in [0.2, 0.25) is 0 Å². The molecule has 0 aromatic rings. The molecule has 1 heteroatoms. The highest BCUT2D eigenvalue weighted by atomic mass is 16.3. The van der Waals surface area contributed by atoms with Crippen LogP contribution in [0.3, 0.4) is 0 Å². The third-order valence-electron chi connectivity index (χ3n) is 2.43. The summed E-state index contributed by atoms with van der Waals surface area (Å²) in [5, 5.41) is 9.63. The van der Waals surface area contributed by atoms with Crippen molar-refractivity contribution >= 4 is 0 Å². The summed E-state index contributed by atoms with van der Waals surface area (Å²) in [6.07, 6.45) is 13.4. The lowest BCUT2D eigenvalue weighted by Crippen LogP contribution is -2.16. The molecule has 0 fully saturated rings. The summed E-state index contributed by atoms with van der Waals surface area (Å²) in [7, 11) is 0. The molecule has 1 aliphatic carbocycles. The van der Waals surface area contributed by atoms with E-state index in [-0.39, 0.29) is 0 Å². The molecule has 2 atom stereocenters. The van der Waals surface area contributed by atoms with Gasteiger partial charge >= 0.3 is 0 Å². The smallest absolute Gasteiger partial charge is 0.0978 e. The van der Waals surface area contributed by atoms with E-state index in [4.69, 9.17) is 0 Å². The Hall–Kier alpha value is -0.820. The SMILES string of the molecule is C=CC(C)(O)C=CC1CC=CCC1. The van der Waals surface area contributed by atoms with E-state index in [1.54, 1.807) is 13.0 Å². The van der Waals surface area contributed by atoms with E-state index in [1.165, 1.54) is 6.42 Å². The molecule has 1 N–H and O–H groups in total. The monoisotopic (exact) mass is 178 g/mol. The fourth-order valence-corrected chi connectivity index (χ4v) is 1.39. The molecule has 1 aliphatic rings. The van der Waals surface area contributed by atoms with E-state index in [0.29, 0.717) is 5.92 Å². The summed E-state index contributed by atoms with van der Waals surface area (Å²) in [5.74, 6) is 0.594. The van der Waals surface area contributed by atoms with Crippen molar-refractivity contribution in [3.8, 4) is 0 Å². The van der Waals surface area contributed by atoms with Crippen LogP contribution in [0.1, 0.15) is 26.2 Å². The summed E-state index contributed by atoms with van der Waals surface area (Å²) < 4.78 is 0. The number of aliphatic hydroxyl groups is 1. The van der Waals surface area contributed by atoms with Gasteiger partial charge in [-0.3, -0.25) is 0 Å². The van der Waals surface area contributed by atoms with Crippen LogP contribution in [0.15, 0.2) is 37.0 Å². The highest BCUT2D eigenvalue weighted by Crippen LogP contribution is 2.20. The van der Waals surface area contributed by atoms with Crippen molar-refractivity contribution in [3.63, 3.8) is 0 Å². The Bertz CT molecular complexity index is 223. The zero-order chi connectivity index (χ0) is 9.73. The maximum absolute atomic E-state index is 9.63. The first-order chi connectivity index (χ1) is 6.14. The van der Waals surface area contributed by atoms with Gasteiger partial charge in [-0.25, -0.2) is 0 Å². The molecule has 0 radical (unpaired) electrons. The van der Waals surface area contributed by atoms with Crippen molar-refractivity contribution in [2.45, 2.75) is 31.8 Å². The fourth-order valence-electron chi connectivity index (χ4n) is 1.39. The molecule has 0 aliphatic heterocycles. The first-order valence-corrected chi connectivity index (χ1v) is 4.84. The van der Waals surface area contributed by atoms with Crippen molar-refractivity contribution in [2.75, 3.05) is 0 Å². The van der Waals surface area contributed by atoms with Crippen LogP contribution in [0.2, 0.25) is 0 Å². The molecule has 72 valence electrons. The maximum Gasteiger partial charge on any atom is 0.0978 e. The minimum absolute atomic E-state index is 0.594. The molecule has 0 heterocycles. The van der Waals surface area contributed by atoms with E-state index < -0.39 is 5.60 Å². The molecule has 0 aromatic heterocycles. The van der Waals surface area contributed by atoms with Gasteiger partial charge in [0.05, 0.1) is 5.60 Å². The fraction of sp³-hybridized carbons (Fsp3) is 0.500. The van der Waals surface area contributed by atoms with Crippen LogP contribution in [0.5, 0.6) is 0 Å². The predicted octanol–water partition coefficient (Wildman–Crippen LogP) is 2.84. The van der Waals surface area contributed by atoms with Crippen molar-refractivity contribution < 1.29 is 5.11 Å². The number of hydrogen-bond donors (Lipinski definition) is 1. The Morgan fingerprint density at radius 1 is 1.54 bits per heavy atom. The van der Waals surface area contributed by atoms with Crippen molar-refractivity contribution in [2.24, 2.45) is 5.92 Å². The van der Waals surface area contributed by atoms with E-state index in [2.05, 4.69) is 24.8 Å². The summed E-state index contributed by atoms with van der Waals surface area (Å²) in [5.41, 5.74) is -0.846. The Morgan fingerprint density at radius 2 is 2.31 bits per heavy atom. The van der Waals surface area contributed by atoms with Gasteiger partial charge in [-0.2, -0.15) is 0 Å². The van der Waals surface area contributed by atoms with Gasteiger partial charge in [-0.15, -0.1) is 0 Å². The molecule has 0 saturated heterocycles. The van der Waals surface area contributed by atoms with Crippen molar-refractivity contribution in [1.29, 1.82) is 0 Å².